The highest BCUT2D eigenvalue weighted by atomic mass is 32.1. The van der Waals surface area contributed by atoms with E-state index in [4.69, 9.17) is 4.74 Å². The molecule has 0 unspecified atom stereocenters. The predicted molar refractivity (Wildman–Crippen MR) is 161 cm³/mol. The molecular formula is C30H36O2S4. The van der Waals surface area contributed by atoms with Gasteiger partial charge in [0.05, 0.1) is 7.11 Å². The second-order valence-corrected chi connectivity index (χ2v) is 13.3. The number of thiophene rings is 4. The van der Waals surface area contributed by atoms with Gasteiger partial charge in [-0.15, -0.1) is 45.3 Å². The van der Waals surface area contributed by atoms with Crippen LogP contribution < -0.4 is 0 Å². The molecule has 0 fully saturated rings. The molecule has 0 N–H and O–H groups in total. The average molecular weight is 557 g/mol. The van der Waals surface area contributed by atoms with Crippen molar-refractivity contribution in [3.8, 4) is 29.3 Å². The lowest BCUT2D eigenvalue weighted by molar-refractivity contribution is 0.0606. The van der Waals surface area contributed by atoms with Gasteiger partial charge in [0.15, 0.2) is 0 Å². The molecule has 0 amide bonds. The minimum absolute atomic E-state index is 0.232. The first-order chi connectivity index (χ1) is 17.6. The third-order valence-electron chi connectivity index (χ3n) is 6.42. The standard InChI is InChI=1S/C30H36O2S4/c1-4-6-8-10-13-21-19-26(35-28(21)24-15-12-18-33-24)23-16-17-25(34-23)29-22(14-11-9-7-5-2)20-27(36-29)30(31)32-3/h12,15-20H,4-11,13-14H2,1-3H3. The van der Waals surface area contributed by atoms with Gasteiger partial charge in [-0.05, 0) is 72.5 Å². The average Bonchev–Trinajstić information content (AvgIpc) is 3.69. The van der Waals surface area contributed by atoms with E-state index in [0.717, 1.165) is 19.3 Å². The van der Waals surface area contributed by atoms with Crippen molar-refractivity contribution in [3.05, 3.63) is 57.8 Å². The van der Waals surface area contributed by atoms with Crippen LogP contribution in [0.15, 0.2) is 41.8 Å². The van der Waals surface area contributed by atoms with Gasteiger partial charge in [-0.1, -0.05) is 58.4 Å². The molecular weight excluding hydrogens is 521 g/mol. The summed E-state index contributed by atoms with van der Waals surface area (Å²) < 4.78 is 5.03. The summed E-state index contributed by atoms with van der Waals surface area (Å²) in [5.41, 5.74) is 2.77. The van der Waals surface area contributed by atoms with E-state index < -0.39 is 0 Å². The van der Waals surface area contributed by atoms with E-state index >= 15 is 0 Å². The van der Waals surface area contributed by atoms with Crippen LogP contribution in [0.5, 0.6) is 0 Å². The van der Waals surface area contributed by atoms with Crippen LogP contribution in [0.25, 0.3) is 29.3 Å². The summed E-state index contributed by atoms with van der Waals surface area (Å²) in [6.07, 6.45) is 12.2. The van der Waals surface area contributed by atoms with Crippen LogP contribution in [0.3, 0.4) is 0 Å². The third-order valence-corrected chi connectivity index (χ3v) is 11.3. The Hall–Kier alpha value is -1.73. The maximum absolute atomic E-state index is 12.3. The van der Waals surface area contributed by atoms with Gasteiger partial charge in [0.2, 0.25) is 0 Å². The number of aryl methyl sites for hydroxylation is 2. The van der Waals surface area contributed by atoms with Gasteiger partial charge < -0.3 is 4.74 Å². The van der Waals surface area contributed by atoms with E-state index in [2.05, 4.69) is 55.6 Å². The predicted octanol–water partition coefficient (Wildman–Crippen LogP) is 11.0. The number of hydrogen-bond acceptors (Lipinski definition) is 6. The normalized spacial score (nSPS) is 11.3. The molecule has 0 saturated carbocycles. The largest absolute Gasteiger partial charge is 0.465 e. The number of hydrogen-bond donors (Lipinski definition) is 0. The quantitative estimate of drug-likeness (QED) is 0.114. The Morgan fingerprint density at radius 2 is 1.39 bits per heavy atom. The highest BCUT2D eigenvalue weighted by molar-refractivity contribution is 7.28. The molecule has 0 aromatic carbocycles. The van der Waals surface area contributed by atoms with E-state index in [9.17, 15) is 4.79 Å². The molecule has 0 bridgehead atoms. The molecule has 4 aromatic rings. The number of carbonyl (C=O) groups excluding carboxylic acids is 1. The number of methoxy groups -OCH3 is 1. The molecule has 0 atom stereocenters. The van der Waals surface area contributed by atoms with Crippen LogP contribution in [0, 0.1) is 0 Å². The summed E-state index contributed by atoms with van der Waals surface area (Å²) in [6.45, 7) is 4.51. The van der Waals surface area contributed by atoms with Crippen molar-refractivity contribution in [2.45, 2.75) is 78.1 Å². The van der Waals surface area contributed by atoms with Crippen LogP contribution in [0.4, 0.5) is 0 Å². The highest BCUT2D eigenvalue weighted by Gasteiger charge is 2.19. The maximum atomic E-state index is 12.3. The molecule has 4 rings (SSSR count). The molecule has 2 nitrogen and oxygen atoms in total. The number of carbonyl (C=O) groups is 1. The number of unbranched alkanes of at least 4 members (excludes halogenated alkanes) is 6. The number of rotatable bonds is 14. The Labute approximate surface area is 232 Å². The van der Waals surface area contributed by atoms with E-state index in [1.165, 1.54) is 92.4 Å². The zero-order valence-electron chi connectivity index (χ0n) is 21.6. The van der Waals surface area contributed by atoms with Crippen LogP contribution >= 0.6 is 45.3 Å². The first-order valence-electron chi connectivity index (χ1n) is 13.1. The lowest BCUT2D eigenvalue weighted by Gasteiger charge is -2.02. The summed E-state index contributed by atoms with van der Waals surface area (Å²) in [4.78, 5) is 21.0. The maximum Gasteiger partial charge on any atom is 0.348 e. The second kappa shape index (κ2) is 13.7. The molecule has 36 heavy (non-hydrogen) atoms. The van der Waals surface area contributed by atoms with Crippen molar-refractivity contribution >= 4 is 51.3 Å². The zero-order chi connectivity index (χ0) is 25.3. The molecule has 0 aliphatic rings. The van der Waals surface area contributed by atoms with Gasteiger partial charge in [-0.3, -0.25) is 0 Å². The fourth-order valence-corrected chi connectivity index (χ4v) is 8.91. The van der Waals surface area contributed by atoms with Gasteiger partial charge >= 0.3 is 5.97 Å². The number of esters is 1. The first-order valence-corrected chi connectivity index (χ1v) is 16.5. The van der Waals surface area contributed by atoms with Crippen LogP contribution in [0.1, 0.15) is 86.0 Å². The Morgan fingerprint density at radius 1 is 0.722 bits per heavy atom. The van der Waals surface area contributed by atoms with Crippen molar-refractivity contribution in [1.29, 1.82) is 0 Å². The van der Waals surface area contributed by atoms with Crippen LogP contribution in [-0.2, 0) is 17.6 Å². The SMILES string of the molecule is CCCCCCc1cc(C(=O)OC)sc1-c1ccc(-c2cc(CCCCCC)c(-c3cccs3)s2)s1. The van der Waals surface area contributed by atoms with E-state index in [1.54, 1.807) is 11.3 Å². The Kier molecular flexibility index (Phi) is 10.4. The molecule has 0 spiro atoms. The van der Waals surface area contributed by atoms with Gasteiger partial charge in [0.1, 0.15) is 4.88 Å². The summed E-state index contributed by atoms with van der Waals surface area (Å²) >= 11 is 7.20. The minimum Gasteiger partial charge on any atom is -0.465 e. The fourth-order valence-electron chi connectivity index (χ4n) is 4.45. The molecule has 0 radical (unpaired) electrons. The Bertz CT molecular complexity index is 1230. The van der Waals surface area contributed by atoms with E-state index in [-0.39, 0.29) is 5.97 Å². The third kappa shape index (κ3) is 6.77. The molecule has 0 aliphatic carbocycles. The lowest BCUT2D eigenvalue weighted by atomic mass is 10.1. The highest BCUT2D eigenvalue weighted by Crippen LogP contribution is 2.46. The summed E-state index contributed by atoms with van der Waals surface area (Å²) in [6, 6.07) is 13.4. The molecule has 6 heteroatoms. The van der Waals surface area contributed by atoms with Gasteiger partial charge in [-0.25, -0.2) is 4.79 Å². The number of ether oxygens (including phenoxy) is 1. The van der Waals surface area contributed by atoms with Crippen molar-refractivity contribution in [3.63, 3.8) is 0 Å². The minimum atomic E-state index is -0.232. The van der Waals surface area contributed by atoms with Crippen LogP contribution in [-0.4, -0.2) is 13.1 Å². The molecule has 4 aromatic heterocycles. The smallest absolute Gasteiger partial charge is 0.348 e. The summed E-state index contributed by atoms with van der Waals surface area (Å²) in [7, 11) is 1.47. The topological polar surface area (TPSA) is 26.3 Å². The van der Waals surface area contributed by atoms with Gasteiger partial charge in [-0.2, -0.15) is 0 Å². The summed E-state index contributed by atoms with van der Waals surface area (Å²) in [5, 5.41) is 2.18. The fraction of sp³-hybridized carbons (Fsp3) is 0.433. The van der Waals surface area contributed by atoms with E-state index in [1.807, 2.05) is 34.0 Å². The second-order valence-electron chi connectivity index (χ2n) is 9.18. The van der Waals surface area contributed by atoms with Gasteiger partial charge in [0, 0.05) is 29.3 Å². The van der Waals surface area contributed by atoms with Crippen molar-refractivity contribution in [2.75, 3.05) is 7.11 Å². The molecule has 0 aliphatic heterocycles. The Morgan fingerprint density at radius 3 is 2.03 bits per heavy atom. The van der Waals surface area contributed by atoms with Gasteiger partial charge in [0.25, 0.3) is 0 Å². The first kappa shape index (κ1) is 27.3. The van der Waals surface area contributed by atoms with Crippen molar-refractivity contribution in [1.82, 2.24) is 0 Å². The van der Waals surface area contributed by atoms with E-state index in [0.29, 0.717) is 4.88 Å². The molecule has 4 heterocycles. The molecule has 0 saturated heterocycles. The molecule has 192 valence electrons. The summed E-state index contributed by atoms with van der Waals surface area (Å²) in [5.74, 6) is -0.232. The lowest BCUT2D eigenvalue weighted by Crippen LogP contribution is -1.97. The monoisotopic (exact) mass is 556 g/mol. The van der Waals surface area contributed by atoms with Crippen molar-refractivity contribution < 1.29 is 9.53 Å². The van der Waals surface area contributed by atoms with Crippen molar-refractivity contribution in [2.24, 2.45) is 0 Å². The zero-order valence-corrected chi connectivity index (χ0v) is 24.8. The van der Waals surface area contributed by atoms with Crippen LogP contribution in [0.2, 0.25) is 0 Å². The Balaban J connectivity index is 1.61.